The highest BCUT2D eigenvalue weighted by Gasteiger charge is 2.02. The summed E-state index contributed by atoms with van der Waals surface area (Å²) in [5.74, 6) is 0.186. The number of halogens is 2. The number of nitrogens with zero attached hydrogens (tertiary/aromatic N) is 3. The van der Waals surface area contributed by atoms with Crippen molar-refractivity contribution >= 4 is 34.9 Å². The molecule has 5 nitrogen and oxygen atoms in total. The molecule has 1 aromatic rings. The second-order valence-corrected chi connectivity index (χ2v) is 3.22. The van der Waals surface area contributed by atoms with Gasteiger partial charge in [-0.2, -0.15) is 15.0 Å². The van der Waals surface area contributed by atoms with E-state index in [4.69, 9.17) is 23.2 Å². The fourth-order valence-electron chi connectivity index (χ4n) is 0.805. The van der Waals surface area contributed by atoms with Crippen LogP contribution in [0.2, 0.25) is 10.6 Å². The zero-order valence-electron chi connectivity index (χ0n) is 7.70. The van der Waals surface area contributed by atoms with Gasteiger partial charge in [0.15, 0.2) is 5.78 Å². The first kappa shape index (κ1) is 11.9. The van der Waals surface area contributed by atoms with Crippen molar-refractivity contribution < 1.29 is 4.79 Å². The molecule has 0 amide bonds. The highest BCUT2D eigenvalue weighted by Crippen LogP contribution is 2.09. The van der Waals surface area contributed by atoms with Crippen LogP contribution in [0.4, 0.5) is 5.95 Å². The fourth-order valence-corrected chi connectivity index (χ4v) is 1.17. The lowest BCUT2D eigenvalue weighted by Crippen LogP contribution is -2.09. The van der Waals surface area contributed by atoms with E-state index in [9.17, 15) is 4.79 Å². The molecule has 15 heavy (non-hydrogen) atoms. The minimum atomic E-state index is -0.0613. The van der Waals surface area contributed by atoms with Gasteiger partial charge in [-0.05, 0) is 29.3 Å². The SMILES string of the molecule is C=CC(=O)CCNc1nc(Cl)nc(Cl)n1. The normalized spacial score (nSPS) is 9.73. The summed E-state index contributed by atoms with van der Waals surface area (Å²) in [4.78, 5) is 22.0. The molecule has 0 aromatic carbocycles. The number of hydrogen-bond donors (Lipinski definition) is 1. The first-order valence-electron chi connectivity index (χ1n) is 4.08. The van der Waals surface area contributed by atoms with Crippen molar-refractivity contribution in [3.05, 3.63) is 23.2 Å². The maximum Gasteiger partial charge on any atom is 0.228 e. The van der Waals surface area contributed by atoms with Crippen molar-refractivity contribution in [3.8, 4) is 0 Å². The van der Waals surface area contributed by atoms with Crippen molar-refractivity contribution in [1.29, 1.82) is 0 Å². The molecular weight excluding hydrogens is 239 g/mol. The third-order valence-corrected chi connectivity index (χ3v) is 1.80. The molecule has 0 spiro atoms. The molecule has 0 aliphatic heterocycles. The predicted molar refractivity (Wildman–Crippen MR) is 58.2 cm³/mol. The van der Waals surface area contributed by atoms with Gasteiger partial charge >= 0.3 is 0 Å². The largest absolute Gasteiger partial charge is 0.354 e. The lowest BCUT2D eigenvalue weighted by Gasteiger charge is -2.02. The lowest BCUT2D eigenvalue weighted by molar-refractivity contribution is -0.114. The summed E-state index contributed by atoms with van der Waals surface area (Å²) in [6.07, 6.45) is 1.57. The molecule has 1 aromatic heterocycles. The number of allylic oxidation sites excluding steroid dienone is 1. The number of hydrogen-bond acceptors (Lipinski definition) is 5. The van der Waals surface area contributed by atoms with Crippen LogP contribution in [-0.4, -0.2) is 27.3 Å². The van der Waals surface area contributed by atoms with E-state index in [0.717, 1.165) is 0 Å². The monoisotopic (exact) mass is 246 g/mol. The van der Waals surface area contributed by atoms with Crippen LogP contribution in [-0.2, 0) is 4.79 Å². The summed E-state index contributed by atoms with van der Waals surface area (Å²) in [7, 11) is 0. The molecule has 0 aliphatic carbocycles. The van der Waals surface area contributed by atoms with E-state index in [2.05, 4.69) is 26.8 Å². The number of aromatic nitrogens is 3. The molecule has 1 heterocycles. The van der Waals surface area contributed by atoms with Crippen LogP contribution in [0.5, 0.6) is 0 Å². The van der Waals surface area contributed by atoms with Crippen molar-refractivity contribution in [2.45, 2.75) is 6.42 Å². The van der Waals surface area contributed by atoms with Crippen molar-refractivity contribution in [3.63, 3.8) is 0 Å². The summed E-state index contributed by atoms with van der Waals surface area (Å²) >= 11 is 11.1. The fraction of sp³-hybridized carbons (Fsp3) is 0.250. The number of rotatable bonds is 5. The third-order valence-electron chi connectivity index (χ3n) is 1.46. The predicted octanol–water partition coefficient (Wildman–Crippen LogP) is 1.74. The molecule has 0 saturated heterocycles. The highest BCUT2D eigenvalue weighted by molar-refractivity contribution is 6.31. The zero-order chi connectivity index (χ0) is 11.3. The van der Waals surface area contributed by atoms with Gasteiger partial charge < -0.3 is 5.32 Å². The number of carbonyl (C=O) groups is 1. The maximum absolute atomic E-state index is 10.9. The summed E-state index contributed by atoms with van der Waals surface area (Å²) in [5, 5.41) is 2.81. The van der Waals surface area contributed by atoms with Crippen molar-refractivity contribution in [1.82, 2.24) is 15.0 Å². The molecule has 0 bridgehead atoms. The Hall–Kier alpha value is -1.20. The molecular formula is C8H8Cl2N4O. The number of carbonyl (C=O) groups excluding carboxylic acids is 1. The number of anilines is 1. The highest BCUT2D eigenvalue weighted by atomic mass is 35.5. The quantitative estimate of drug-likeness (QED) is 0.802. The van der Waals surface area contributed by atoms with E-state index in [1.165, 1.54) is 6.08 Å². The number of nitrogens with one attached hydrogen (secondary N) is 1. The van der Waals surface area contributed by atoms with Gasteiger partial charge in [0.1, 0.15) is 0 Å². The molecule has 0 aliphatic rings. The van der Waals surface area contributed by atoms with Crippen LogP contribution >= 0.6 is 23.2 Å². The Bertz CT molecular complexity index is 363. The minimum absolute atomic E-state index is 0.00699. The second kappa shape index (κ2) is 5.63. The standard InChI is InChI=1S/C8H8Cl2N4O/c1-2-5(15)3-4-11-8-13-6(9)12-7(10)14-8/h2H,1,3-4H2,(H,11,12,13,14). The van der Waals surface area contributed by atoms with Crippen LogP contribution in [0.3, 0.4) is 0 Å². The van der Waals surface area contributed by atoms with E-state index in [0.29, 0.717) is 13.0 Å². The van der Waals surface area contributed by atoms with E-state index in [-0.39, 0.29) is 22.3 Å². The second-order valence-electron chi connectivity index (χ2n) is 2.54. The van der Waals surface area contributed by atoms with Gasteiger partial charge in [0.05, 0.1) is 0 Å². The maximum atomic E-state index is 10.9. The van der Waals surface area contributed by atoms with Gasteiger partial charge in [0.25, 0.3) is 0 Å². The van der Waals surface area contributed by atoms with E-state index < -0.39 is 0 Å². The molecule has 7 heteroatoms. The smallest absolute Gasteiger partial charge is 0.228 e. The average Bonchev–Trinajstić information content (AvgIpc) is 2.16. The van der Waals surface area contributed by atoms with Gasteiger partial charge in [-0.15, -0.1) is 0 Å². The zero-order valence-corrected chi connectivity index (χ0v) is 9.22. The molecule has 0 atom stereocenters. The lowest BCUT2D eigenvalue weighted by atomic mass is 10.3. The van der Waals surface area contributed by atoms with Gasteiger partial charge in [-0.1, -0.05) is 6.58 Å². The minimum Gasteiger partial charge on any atom is -0.354 e. The summed E-state index contributed by atoms with van der Waals surface area (Å²) < 4.78 is 0. The Morgan fingerprint density at radius 1 is 1.33 bits per heavy atom. The Labute approximate surface area is 96.5 Å². The molecule has 0 fully saturated rings. The van der Waals surface area contributed by atoms with Crippen molar-refractivity contribution in [2.75, 3.05) is 11.9 Å². The van der Waals surface area contributed by atoms with Gasteiger partial charge in [-0.3, -0.25) is 4.79 Å². The van der Waals surface area contributed by atoms with E-state index in [1.807, 2.05) is 0 Å². The van der Waals surface area contributed by atoms with Crippen LogP contribution < -0.4 is 5.32 Å². The Morgan fingerprint density at radius 3 is 2.47 bits per heavy atom. The van der Waals surface area contributed by atoms with Crippen LogP contribution in [0.15, 0.2) is 12.7 Å². The molecule has 0 unspecified atom stereocenters. The van der Waals surface area contributed by atoms with Gasteiger partial charge in [-0.25, -0.2) is 0 Å². The first-order valence-corrected chi connectivity index (χ1v) is 4.83. The summed E-state index contributed by atoms with van der Waals surface area (Å²) in [6.45, 7) is 3.74. The molecule has 1 rings (SSSR count). The topological polar surface area (TPSA) is 67.8 Å². The average molecular weight is 247 g/mol. The third kappa shape index (κ3) is 4.22. The van der Waals surface area contributed by atoms with Gasteiger partial charge in [0.2, 0.25) is 16.5 Å². The van der Waals surface area contributed by atoms with Crippen molar-refractivity contribution in [2.24, 2.45) is 0 Å². The summed E-state index contributed by atoms with van der Waals surface area (Å²) in [5.41, 5.74) is 0. The van der Waals surface area contributed by atoms with Crippen LogP contribution in [0, 0.1) is 0 Å². The molecule has 1 N–H and O–H groups in total. The van der Waals surface area contributed by atoms with Crippen LogP contribution in [0.25, 0.3) is 0 Å². The summed E-state index contributed by atoms with van der Waals surface area (Å²) in [6, 6.07) is 0. The molecule has 80 valence electrons. The van der Waals surface area contributed by atoms with E-state index in [1.54, 1.807) is 0 Å². The Balaban J connectivity index is 2.50. The Morgan fingerprint density at radius 2 is 1.93 bits per heavy atom. The molecule has 0 saturated carbocycles. The molecule has 0 radical (unpaired) electrons. The Kier molecular flexibility index (Phi) is 4.45. The van der Waals surface area contributed by atoms with E-state index >= 15 is 0 Å². The number of ketones is 1. The first-order chi connectivity index (χ1) is 7.11. The van der Waals surface area contributed by atoms with Gasteiger partial charge in [0, 0.05) is 13.0 Å². The van der Waals surface area contributed by atoms with Crippen LogP contribution in [0.1, 0.15) is 6.42 Å².